The van der Waals surface area contributed by atoms with Crippen LogP contribution < -0.4 is 14.2 Å². The lowest BCUT2D eigenvalue weighted by molar-refractivity contribution is -0.123. The number of rotatable bonds is 6. The number of methoxy groups -OCH3 is 3. The van der Waals surface area contributed by atoms with Gasteiger partial charge in [-0.2, -0.15) is 0 Å². The fourth-order valence-corrected chi connectivity index (χ4v) is 3.65. The van der Waals surface area contributed by atoms with E-state index < -0.39 is 0 Å². The minimum Gasteiger partial charge on any atom is -0.496 e. The Morgan fingerprint density at radius 2 is 1.54 bits per heavy atom. The normalized spacial score (nSPS) is 15.3. The van der Waals surface area contributed by atoms with Crippen molar-refractivity contribution in [3.8, 4) is 17.2 Å². The van der Waals surface area contributed by atoms with E-state index in [-0.39, 0.29) is 17.7 Å². The molecule has 1 aliphatic rings. The molecule has 28 heavy (non-hydrogen) atoms. The van der Waals surface area contributed by atoms with Gasteiger partial charge in [-0.05, 0) is 36.4 Å². The Hall–Kier alpha value is -2.93. The zero-order chi connectivity index (χ0) is 20.3. The Kier molecular flexibility index (Phi) is 5.94. The van der Waals surface area contributed by atoms with Gasteiger partial charge in [0.2, 0.25) is 0 Å². The van der Waals surface area contributed by atoms with Gasteiger partial charge in [-0.1, -0.05) is 29.8 Å². The second-order valence-corrected chi connectivity index (χ2v) is 7.20. The van der Waals surface area contributed by atoms with Gasteiger partial charge in [-0.25, -0.2) is 0 Å². The van der Waals surface area contributed by atoms with Crippen LogP contribution in [0.25, 0.3) is 6.08 Å². The summed E-state index contributed by atoms with van der Waals surface area (Å²) in [5, 5.41) is -0.295. The number of nitrogens with zero attached hydrogens (tertiary/aromatic N) is 1. The highest BCUT2D eigenvalue weighted by Gasteiger charge is 2.35. The van der Waals surface area contributed by atoms with Crippen LogP contribution in [-0.4, -0.2) is 37.4 Å². The highest BCUT2D eigenvalue weighted by atomic mass is 32.2. The van der Waals surface area contributed by atoms with E-state index in [2.05, 4.69) is 0 Å². The van der Waals surface area contributed by atoms with Gasteiger partial charge in [0, 0.05) is 11.6 Å². The summed E-state index contributed by atoms with van der Waals surface area (Å²) in [5.74, 6) is 1.22. The molecule has 0 unspecified atom stereocenters. The summed E-state index contributed by atoms with van der Waals surface area (Å²) in [4.78, 5) is 26.8. The monoisotopic (exact) mass is 399 g/mol. The van der Waals surface area contributed by atoms with Gasteiger partial charge in [-0.3, -0.25) is 14.5 Å². The molecular weight excluding hydrogens is 378 g/mol. The van der Waals surface area contributed by atoms with Gasteiger partial charge in [0.25, 0.3) is 11.1 Å². The number of ether oxygens (including phenoxy) is 3. The first kappa shape index (κ1) is 19.8. The Morgan fingerprint density at radius 1 is 0.929 bits per heavy atom. The number of benzene rings is 2. The molecule has 2 amide bonds. The van der Waals surface area contributed by atoms with Crippen LogP contribution in [0.15, 0.2) is 41.3 Å². The summed E-state index contributed by atoms with van der Waals surface area (Å²) >= 11 is 0.913. The minimum atomic E-state index is -0.326. The number of aryl methyl sites for hydroxylation is 1. The Labute approximate surface area is 168 Å². The lowest BCUT2D eigenvalue weighted by Gasteiger charge is -2.13. The first-order valence-corrected chi connectivity index (χ1v) is 9.39. The Bertz CT molecular complexity index is 937. The number of imide groups is 1. The van der Waals surface area contributed by atoms with Crippen LogP contribution in [0.1, 0.15) is 16.7 Å². The summed E-state index contributed by atoms with van der Waals surface area (Å²) in [6.45, 7) is 2.23. The summed E-state index contributed by atoms with van der Waals surface area (Å²) in [6.07, 6.45) is 1.64. The molecule has 2 aromatic carbocycles. The fraction of sp³-hybridized carbons (Fsp3) is 0.238. The van der Waals surface area contributed by atoms with Crippen LogP contribution in [0, 0.1) is 6.92 Å². The highest BCUT2D eigenvalue weighted by Crippen LogP contribution is 2.39. The third kappa shape index (κ3) is 3.99. The van der Waals surface area contributed by atoms with Crippen LogP contribution in [0.2, 0.25) is 0 Å². The lowest BCUT2D eigenvalue weighted by Crippen LogP contribution is -2.27. The van der Waals surface area contributed by atoms with E-state index in [1.165, 1.54) is 26.2 Å². The molecule has 0 atom stereocenters. The lowest BCUT2D eigenvalue weighted by atomic mass is 10.1. The molecule has 1 heterocycles. The summed E-state index contributed by atoms with van der Waals surface area (Å²) < 4.78 is 16.0. The first-order chi connectivity index (χ1) is 13.5. The van der Waals surface area contributed by atoms with E-state index in [0.29, 0.717) is 27.7 Å². The molecule has 2 aromatic rings. The van der Waals surface area contributed by atoms with Crippen molar-refractivity contribution in [2.75, 3.05) is 21.3 Å². The van der Waals surface area contributed by atoms with Crippen molar-refractivity contribution >= 4 is 29.0 Å². The standard InChI is InChI=1S/C21H21NO5S/c1-13-5-7-14(8-6-13)12-22-20(23)19(28-21(22)24)10-15-9-17(26-3)18(27-4)11-16(15)25-2/h5-11H,12H2,1-4H3/b19-10-. The second-order valence-electron chi connectivity index (χ2n) is 6.20. The zero-order valence-electron chi connectivity index (χ0n) is 16.1. The van der Waals surface area contributed by atoms with E-state index in [0.717, 1.165) is 22.9 Å². The van der Waals surface area contributed by atoms with Crippen molar-refractivity contribution < 1.29 is 23.8 Å². The summed E-state index contributed by atoms with van der Waals surface area (Å²) in [7, 11) is 4.60. The van der Waals surface area contributed by atoms with Gasteiger partial charge in [0.15, 0.2) is 11.5 Å². The molecule has 0 spiro atoms. The van der Waals surface area contributed by atoms with Crippen molar-refractivity contribution in [2.24, 2.45) is 0 Å². The Morgan fingerprint density at radius 3 is 2.14 bits per heavy atom. The van der Waals surface area contributed by atoms with E-state index >= 15 is 0 Å². The van der Waals surface area contributed by atoms with Gasteiger partial charge < -0.3 is 14.2 Å². The number of thioether (sulfide) groups is 1. The predicted octanol–water partition coefficient (Wildman–Crippen LogP) is 4.26. The average Bonchev–Trinajstić information content (AvgIpc) is 2.96. The number of hydrogen-bond donors (Lipinski definition) is 0. The van der Waals surface area contributed by atoms with Crippen LogP contribution in [0.3, 0.4) is 0 Å². The van der Waals surface area contributed by atoms with Crippen molar-refractivity contribution in [2.45, 2.75) is 13.5 Å². The molecule has 1 aliphatic heterocycles. The van der Waals surface area contributed by atoms with Gasteiger partial charge in [0.05, 0.1) is 32.8 Å². The molecule has 7 heteroatoms. The number of hydrogen-bond acceptors (Lipinski definition) is 6. The van der Waals surface area contributed by atoms with E-state index in [1.807, 2.05) is 31.2 Å². The third-order valence-corrected chi connectivity index (χ3v) is 5.26. The van der Waals surface area contributed by atoms with Crippen LogP contribution in [0.4, 0.5) is 4.79 Å². The Balaban J connectivity index is 1.90. The van der Waals surface area contributed by atoms with Gasteiger partial charge >= 0.3 is 0 Å². The molecule has 0 N–H and O–H groups in total. The molecule has 0 saturated carbocycles. The fourth-order valence-electron chi connectivity index (χ4n) is 2.82. The SMILES string of the molecule is COc1cc(OC)c(OC)cc1/C=C1\SC(=O)N(Cc2ccc(C)cc2)C1=O. The molecule has 0 radical (unpaired) electrons. The van der Waals surface area contributed by atoms with Crippen molar-refractivity contribution in [3.05, 3.63) is 58.0 Å². The maximum atomic E-state index is 12.8. The van der Waals surface area contributed by atoms with Crippen LogP contribution >= 0.6 is 11.8 Å². The predicted molar refractivity (Wildman–Crippen MR) is 109 cm³/mol. The van der Waals surface area contributed by atoms with E-state index in [4.69, 9.17) is 14.2 Å². The van der Waals surface area contributed by atoms with E-state index in [9.17, 15) is 9.59 Å². The smallest absolute Gasteiger partial charge is 0.293 e. The van der Waals surface area contributed by atoms with Crippen LogP contribution in [-0.2, 0) is 11.3 Å². The average molecular weight is 399 g/mol. The third-order valence-electron chi connectivity index (χ3n) is 4.36. The molecule has 3 rings (SSSR count). The first-order valence-electron chi connectivity index (χ1n) is 8.57. The van der Waals surface area contributed by atoms with Gasteiger partial charge in [-0.15, -0.1) is 0 Å². The molecule has 146 valence electrons. The molecule has 1 fully saturated rings. The van der Waals surface area contributed by atoms with Crippen molar-refractivity contribution in [1.82, 2.24) is 4.90 Å². The topological polar surface area (TPSA) is 65.1 Å². The maximum absolute atomic E-state index is 12.8. The summed E-state index contributed by atoms with van der Waals surface area (Å²) in [6, 6.07) is 11.1. The molecule has 1 saturated heterocycles. The molecule has 0 aliphatic carbocycles. The number of amides is 2. The molecular formula is C21H21NO5S. The second kappa shape index (κ2) is 8.39. The van der Waals surface area contributed by atoms with Gasteiger partial charge in [0.1, 0.15) is 5.75 Å². The molecule has 0 aromatic heterocycles. The van der Waals surface area contributed by atoms with Crippen molar-refractivity contribution in [1.29, 1.82) is 0 Å². The van der Waals surface area contributed by atoms with Crippen molar-refractivity contribution in [3.63, 3.8) is 0 Å². The van der Waals surface area contributed by atoms with E-state index in [1.54, 1.807) is 18.2 Å². The molecule has 6 nitrogen and oxygen atoms in total. The highest BCUT2D eigenvalue weighted by molar-refractivity contribution is 8.18. The summed E-state index contributed by atoms with van der Waals surface area (Å²) in [5.41, 5.74) is 2.65. The minimum absolute atomic E-state index is 0.241. The van der Waals surface area contributed by atoms with Crippen LogP contribution in [0.5, 0.6) is 17.2 Å². The quantitative estimate of drug-likeness (QED) is 0.677. The largest absolute Gasteiger partial charge is 0.496 e. The molecule has 0 bridgehead atoms. The maximum Gasteiger partial charge on any atom is 0.293 e. The number of carbonyl (C=O) groups excluding carboxylic acids is 2. The zero-order valence-corrected chi connectivity index (χ0v) is 17.0. The number of carbonyl (C=O) groups is 2.